The number of hydrogen-bond acceptors (Lipinski definition) is 5. The van der Waals surface area contributed by atoms with Gasteiger partial charge in [-0.1, -0.05) is 30.7 Å². The maximum Gasteiger partial charge on any atom is 0.416 e. The number of piperazine rings is 1. The number of carbonyl (C=O) groups excluding carboxylic acids is 2. The number of benzene rings is 2. The molecule has 1 N–H and O–H groups in total. The summed E-state index contributed by atoms with van der Waals surface area (Å²) in [7, 11) is 0. The number of halogens is 4. The van der Waals surface area contributed by atoms with E-state index in [1.807, 2.05) is 13.0 Å². The zero-order valence-electron chi connectivity index (χ0n) is 20.9. The second-order valence-corrected chi connectivity index (χ2v) is 9.66. The lowest BCUT2D eigenvalue weighted by Gasteiger charge is -2.36. The Hall–Kier alpha value is -3.66. The van der Waals surface area contributed by atoms with Gasteiger partial charge in [-0.15, -0.1) is 0 Å². The van der Waals surface area contributed by atoms with Gasteiger partial charge in [0.15, 0.2) is 0 Å². The van der Waals surface area contributed by atoms with Gasteiger partial charge in [0.2, 0.25) is 5.91 Å². The van der Waals surface area contributed by atoms with Crippen molar-refractivity contribution in [2.75, 3.05) is 36.4 Å². The Morgan fingerprint density at radius 3 is 2.47 bits per heavy atom. The van der Waals surface area contributed by atoms with E-state index in [0.717, 1.165) is 23.4 Å². The van der Waals surface area contributed by atoms with E-state index in [9.17, 15) is 22.8 Å². The third kappa shape index (κ3) is 6.80. The largest absolute Gasteiger partial charge is 0.416 e. The van der Waals surface area contributed by atoms with Crippen molar-refractivity contribution in [3.05, 3.63) is 82.4 Å². The first-order valence-corrected chi connectivity index (χ1v) is 12.5. The van der Waals surface area contributed by atoms with Gasteiger partial charge in [-0.25, -0.2) is 4.98 Å². The van der Waals surface area contributed by atoms with Crippen LogP contribution in [-0.4, -0.2) is 52.9 Å². The van der Waals surface area contributed by atoms with Crippen LogP contribution >= 0.6 is 11.6 Å². The Bertz CT molecular complexity index is 1330. The maximum atomic E-state index is 13.7. The van der Waals surface area contributed by atoms with Crippen LogP contribution in [0.25, 0.3) is 0 Å². The molecule has 200 valence electrons. The second-order valence-electron chi connectivity index (χ2n) is 9.28. The van der Waals surface area contributed by atoms with Gasteiger partial charge in [-0.05, 0) is 48.2 Å². The molecule has 11 heteroatoms. The van der Waals surface area contributed by atoms with Gasteiger partial charge < -0.3 is 15.1 Å². The fourth-order valence-corrected chi connectivity index (χ4v) is 4.57. The molecule has 1 saturated heterocycles. The molecular formula is C27H27ClF3N5O2. The van der Waals surface area contributed by atoms with Crippen molar-refractivity contribution in [2.24, 2.45) is 0 Å². The minimum atomic E-state index is -4.62. The molecule has 0 unspecified atom stereocenters. The standard InChI is InChI=1S/C27H27ClF3N5O2/c1-17(10-23-15-32-16-25(28)33-23)19-4-3-5-22(12-19)34-26(38)20-11-21(27(29,30)31)14-24(13-20)36-8-6-35(7-9-36)18(2)37/h3-5,11-17H,6-10H2,1-2H3,(H,34,38)/t17-/m1/s1. The molecular weight excluding hydrogens is 519 g/mol. The summed E-state index contributed by atoms with van der Waals surface area (Å²) in [6, 6.07) is 10.5. The van der Waals surface area contributed by atoms with Crippen LogP contribution in [-0.2, 0) is 17.4 Å². The van der Waals surface area contributed by atoms with Crippen molar-refractivity contribution in [3.8, 4) is 0 Å². The monoisotopic (exact) mass is 545 g/mol. The number of rotatable bonds is 6. The number of alkyl halides is 3. The lowest BCUT2D eigenvalue weighted by atomic mass is 9.96. The average Bonchev–Trinajstić information content (AvgIpc) is 2.88. The summed E-state index contributed by atoms with van der Waals surface area (Å²) in [6.45, 7) is 5.01. The Morgan fingerprint density at radius 2 is 1.82 bits per heavy atom. The topological polar surface area (TPSA) is 78.4 Å². The number of hydrogen-bond donors (Lipinski definition) is 1. The fraction of sp³-hybridized carbons (Fsp3) is 0.333. The van der Waals surface area contributed by atoms with Crippen LogP contribution in [0, 0.1) is 0 Å². The summed E-state index contributed by atoms with van der Waals surface area (Å²) in [5, 5.41) is 3.03. The summed E-state index contributed by atoms with van der Waals surface area (Å²) >= 11 is 5.92. The molecule has 2 heterocycles. The van der Waals surface area contributed by atoms with E-state index < -0.39 is 17.6 Å². The molecule has 2 aromatic carbocycles. The van der Waals surface area contributed by atoms with E-state index in [1.165, 1.54) is 19.2 Å². The smallest absolute Gasteiger partial charge is 0.368 e. The van der Waals surface area contributed by atoms with E-state index in [0.29, 0.717) is 43.4 Å². The third-order valence-corrected chi connectivity index (χ3v) is 6.66. The highest BCUT2D eigenvalue weighted by molar-refractivity contribution is 6.29. The highest BCUT2D eigenvalue weighted by Gasteiger charge is 2.33. The van der Waals surface area contributed by atoms with Crippen LogP contribution < -0.4 is 10.2 Å². The number of amides is 2. The van der Waals surface area contributed by atoms with Crippen LogP contribution in [0.1, 0.15) is 46.9 Å². The first-order chi connectivity index (χ1) is 18.0. The predicted molar refractivity (Wildman–Crippen MR) is 139 cm³/mol. The first kappa shape index (κ1) is 27.4. The van der Waals surface area contributed by atoms with Crippen LogP contribution in [0.2, 0.25) is 5.15 Å². The molecule has 1 atom stereocenters. The van der Waals surface area contributed by atoms with Crippen molar-refractivity contribution in [2.45, 2.75) is 32.4 Å². The zero-order valence-corrected chi connectivity index (χ0v) is 21.7. The highest BCUT2D eigenvalue weighted by atomic mass is 35.5. The zero-order chi connectivity index (χ0) is 27.4. The van der Waals surface area contributed by atoms with Gasteiger partial charge in [-0.3, -0.25) is 14.6 Å². The van der Waals surface area contributed by atoms with Gasteiger partial charge >= 0.3 is 6.18 Å². The molecule has 38 heavy (non-hydrogen) atoms. The Morgan fingerprint density at radius 1 is 1.08 bits per heavy atom. The van der Waals surface area contributed by atoms with E-state index in [1.54, 1.807) is 34.2 Å². The molecule has 0 radical (unpaired) electrons. The molecule has 4 rings (SSSR count). The van der Waals surface area contributed by atoms with Gasteiger partial charge in [0.25, 0.3) is 5.91 Å². The van der Waals surface area contributed by atoms with Crippen molar-refractivity contribution >= 4 is 34.8 Å². The summed E-state index contributed by atoms with van der Waals surface area (Å²) < 4.78 is 41.1. The van der Waals surface area contributed by atoms with Gasteiger partial charge in [0.05, 0.1) is 17.5 Å². The van der Waals surface area contributed by atoms with Crippen LogP contribution in [0.4, 0.5) is 24.5 Å². The summed E-state index contributed by atoms with van der Waals surface area (Å²) in [5.41, 5.74) is 1.39. The molecule has 0 saturated carbocycles. The fourth-order valence-electron chi connectivity index (χ4n) is 4.40. The summed E-state index contributed by atoms with van der Waals surface area (Å²) in [6.07, 6.45) is -0.958. The number of carbonyl (C=O) groups is 2. The molecule has 1 aliphatic rings. The lowest BCUT2D eigenvalue weighted by Crippen LogP contribution is -2.48. The predicted octanol–water partition coefficient (Wildman–Crippen LogP) is 5.42. The van der Waals surface area contributed by atoms with E-state index in [4.69, 9.17) is 11.6 Å². The van der Waals surface area contributed by atoms with Gasteiger partial charge in [-0.2, -0.15) is 13.2 Å². The SMILES string of the molecule is CC(=O)N1CCN(c2cc(C(=O)Nc3cccc([C@H](C)Cc4cncc(Cl)n4)c3)cc(C(F)(F)F)c2)CC1. The normalized spacial score (nSPS) is 14.8. The van der Waals surface area contributed by atoms with E-state index in [-0.39, 0.29) is 23.1 Å². The summed E-state index contributed by atoms with van der Waals surface area (Å²) in [5.74, 6) is -0.704. The number of nitrogens with one attached hydrogen (secondary N) is 1. The lowest BCUT2D eigenvalue weighted by molar-refractivity contribution is -0.137. The molecule has 1 aliphatic heterocycles. The molecule has 1 aromatic heterocycles. The van der Waals surface area contributed by atoms with E-state index >= 15 is 0 Å². The van der Waals surface area contributed by atoms with Crippen LogP contribution in [0.5, 0.6) is 0 Å². The Labute approximate surface area is 223 Å². The van der Waals surface area contributed by atoms with Crippen molar-refractivity contribution < 1.29 is 22.8 Å². The number of anilines is 2. The van der Waals surface area contributed by atoms with Crippen molar-refractivity contribution in [1.82, 2.24) is 14.9 Å². The molecule has 3 aromatic rings. The first-order valence-electron chi connectivity index (χ1n) is 12.1. The highest BCUT2D eigenvalue weighted by Crippen LogP contribution is 2.34. The number of nitrogens with zero attached hydrogens (tertiary/aromatic N) is 4. The number of aromatic nitrogens is 2. The molecule has 7 nitrogen and oxygen atoms in total. The van der Waals surface area contributed by atoms with Crippen LogP contribution in [0.3, 0.4) is 0 Å². The maximum absolute atomic E-state index is 13.7. The van der Waals surface area contributed by atoms with Gasteiger partial charge in [0.1, 0.15) is 5.15 Å². The Balaban J connectivity index is 1.53. The third-order valence-electron chi connectivity index (χ3n) is 6.48. The second kappa shape index (κ2) is 11.4. The summed E-state index contributed by atoms with van der Waals surface area (Å²) in [4.78, 5) is 36.4. The minimum Gasteiger partial charge on any atom is -0.368 e. The molecule has 0 bridgehead atoms. The molecule has 1 fully saturated rings. The average molecular weight is 546 g/mol. The van der Waals surface area contributed by atoms with Crippen molar-refractivity contribution in [1.29, 1.82) is 0 Å². The quantitative estimate of drug-likeness (QED) is 0.448. The van der Waals surface area contributed by atoms with E-state index in [2.05, 4.69) is 15.3 Å². The Kier molecular flexibility index (Phi) is 8.20. The molecule has 2 amide bonds. The molecule has 0 spiro atoms. The molecule has 0 aliphatic carbocycles. The van der Waals surface area contributed by atoms with Crippen LogP contribution in [0.15, 0.2) is 54.9 Å². The van der Waals surface area contributed by atoms with Crippen molar-refractivity contribution in [3.63, 3.8) is 0 Å². The minimum absolute atomic E-state index is 0.0217. The van der Waals surface area contributed by atoms with Gasteiger partial charge in [0, 0.05) is 56.2 Å².